The van der Waals surface area contributed by atoms with Gasteiger partial charge in [-0.1, -0.05) is 37.5 Å². The van der Waals surface area contributed by atoms with Crippen molar-refractivity contribution in [2.24, 2.45) is 11.8 Å². The monoisotopic (exact) mass is 300 g/mol. The highest BCUT2D eigenvalue weighted by atomic mass is 16.2. The third-order valence-corrected chi connectivity index (χ3v) is 4.87. The predicted molar refractivity (Wildman–Crippen MR) is 86.5 cm³/mol. The Hall–Kier alpha value is -1.84. The van der Waals surface area contributed by atoms with E-state index in [-0.39, 0.29) is 23.7 Å². The highest BCUT2D eigenvalue weighted by molar-refractivity contribution is 6.00. The van der Waals surface area contributed by atoms with Crippen LogP contribution in [0, 0.1) is 11.8 Å². The molecule has 0 spiro atoms. The molecule has 2 saturated carbocycles. The van der Waals surface area contributed by atoms with Crippen molar-refractivity contribution >= 4 is 17.5 Å². The van der Waals surface area contributed by atoms with Crippen LogP contribution in [0.15, 0.2) is 30.3 Å². The van der Waals surface area contributed by atoms with Crippen molar-refractivity contribution in [1.29, 1.82) is 0 Å². The number of hydrogen-bond acceptors (Lipinski definition) is 2. The Labute approximate surface area is 131 Å². The molecule has 2 unspecified atom stereocenters. The summed E-state index contributed by atoms with van der Waals surface area (Å²) in [7, 11) is 1.78. The summed E-state index contributed by atoms with van der Waals surface area (Å²) in [6.45, 7) is 0. The van der Waals surface area contributed by atoms with Crippen molar-refractivity contribution in [2.75, 3.05) is 11.9 Å². The maximum atomic E-state index is 12.5. The molecule has 0 saturated heterocycles. The average molecular weight is 300 g/mol. The third kappa shape index (κ3) is 3.32. The van der Waals surface area contributed by atoms with Crippen molar-refractivity contribution in [2.45, 2.75) is 44.6 Å². The number of benzene rings is 1. The first-order valence-corrected chi connectivity index (χ1v) is 8.30. The minimum atomic E-state index is -0.145. The Balaban J connectivity index is 1.52. The smallest absolute Gasteiger partial charge is 0.230 e. The molecule has 0 aliphatic heterocycles. The number of anilines is 1. The topological polar surface area (TPSA) is 49.4 Å². The van der Waals surface area contributed by atoms with E-state index in [4.69, 9.17) is 0 Å². The summed E-state index contributed by atoms with van der Waals surface area (Å²) in [5.41, 5.74) is 0.880. The first-order chi connectivity index (χ1) is 10.7. The molecule has 0 bridgehead atoms. The number of rotatable bonds is 4. The molecule has 0 radical (unpaired) electrons. The molecule has 4 nitrogen and oxygen atoms in total. The molecule has 3 rings (SSSR count). The van der Waals surface area contributed by atoms with Crippen molar-refractivity contribution < 1.29 is 9.59 Å². The normalized spacial score (nSPS) is 24.6. The number of hydrogen-bond donors (Lipinski definition) is 1. The summed E-state index contributed by atoms with van der Waals surface area (Å²) < 4.78 is 0. The van der Waals surface area contributed by atoms with Crippen LogP contribution in [0.25, 0.3) is 0 Å². The Bertz CT molecular complexity index is 537. The van der Waals surface area contributed by atoms with Gasteiger partial charge < -0.3 is 10.2 Å². The maximum absolute atomic E-state index is 12.5. The molecule has 2 aliphatic carbocycles. The van der Waals surface area contributed by atoms with Crippen LogP contribution in [0.2, 0.25) is 0 Å². The van der Waals surface area contributed by atoms with Crippen LogP contribution < -0.4 is 10.2 Å². The summed E-state index contributed by atoms with van der Waals surface area (Å²) in [6.07, 6.45) is 6.54. The molecular weight excluding hydrogens is 276 g/mol. The molecule has 1 N–H and O–H groups in total. The zero-order chi connectivity index (χ0) is 15.5. The third-order valence-electron chi connectivity index (χ3n) is 4.87. The number of nitrogens with one attached hydrogen (secondary N) is 1. The van der Waals surface area contributed by atoms with E-state index in [9.17, 15) is 9.59 Å². The molecule has 22 heavy (non-hydrogen) atoms. The van der Waals surface area contributed by atoms with Crippen molar-refractivity contribution in [1.82, 2.24) is 5.32 Å². The van der Waals surface area contributed by atoms with Gasteiger partial charge in [0.25, 0.3) is 0 Å². The Kier molecular flexibility index (Phi) is 4.46. The molecule has 2 fully saturated rings. The van der Waals surface area contributed by atoms with Gasteiger partial charge in [-0.25, -0.2) is 0 Å². The average Bonchev–Trinajstić information content (AvgIpc) is 3.36. The minimum absolute atomic E-state index is 0.0509. The highest BCUT2D eigenvalue weighted by Crippen LogP contribution is 2.41. The second kappa shape index (κ2) is 6.51. The molecular formula is C18H24N2O2. The molecule has 2 amide bonds. The Morgan fingerprint density at radius 1 is 1.05 bits per heavy atom. The summed E-state index contributed by atoms with van der Waals surface area (Å²) in [5.74, 6) is -0.143. The van der Waals surface area contributed by atoms with Gasteiger partial charge in [0.15, 0.2) is 0 Å². The second-order valence-electron chi connectivity index (χ2n) is 6.53. The van der Waals surface area contributed by atoms with E-state index in [0.717, 1.165) is 18.5 Å². The summed E-state index contributed by atoms with van der Waals surface area (Å²) in [5, 5.41) is 3.13. The van der Waals surface area contributed by atoms with Gasteiger partial charge >= 0.3 is 0 Å². The van der Waals surface area contributed by atoms with Gasteiger partial charge in [0.05, 0.1) is 11.8 Å². The van der Waals surface area contributed by atoms with Gasteiger partial charge in [-0.2, -0.15) is 0 Å². The number of carbonyl (C=O) groups excluding carboxylic acids is 2. The van der Waals surface area contributed by atoms with Gasteiger partial charge in [-0.3, -0.25) is 9.59 Å². The molecule has 0 heterocycles. The van der Waals surface area contributed by atoms with Crippen LogP contribution in [0.5, 0.6) is 0 Å². The largest absolute Gasteiger partial charge is 0.353 e. The first-order valence-electron chi connectivity index (χ1n) is 8.30. The summed E-state index contributed by atoms with van der Waals surface area (Å²) in [4.78, 5) is 26.4. The number of amides is 2. The molecule has 0 aromatic heterocycles. The van der Waals surface area contributed by atoms with Crippen LogP contribution in [-0.2, 0) is 9.59 Å². The van der Waals surface area contributed by atoms with Crippen LogP contribution in [0.1, 0.15) is 38.5 Å². The lowest BCUT2D eigenvalue weighted by Crippen LogP contribution is -2.38. The van der Waals surface area contributed by atoms with Crippen LogP contribution in [0.4, 0.5) is 5.69 Å². The number of nitrogens with zero attached hydrogens (tertiary/aromatic N) is 1. The zero-order valence-corrected chi connectivity index (χ0v) is 13.1. The van der Waals surface area contributed by atoms with Crippen LogP contribution in [-0.4, -0.2) is 24.9 Å². The minimum Gasteiger partial charge on any atom is -0.353 e. The number of carbonyl (C=O) groups is 2. The second-order valence-corrected chi connectivity index (χ2v) is 6.53. The quantitative estimate of drug-likeness (QED) is 0.929. The summed E-state index contributed by atoms with van der Waals surface area (Å²) >= 11 is 0. The highest BCUT2D eigenvalue weighted by Gasteiger charge is 2.49. The molecule has 1 aromatic rings. The fraction of sp³-hybridized carbons (Fsp3) is 0.556. The van der Waals surface area contributed by atoms with E-state index in [1.165, 1.54) is 19.3 Å². The van der Waals surface area contributed by atoms with E-state index < -0.39 is 0 Å². The van der Waals surface area contributed by atoms with Gasteiger partial charge in [-0.15, -0.1) is 0 Å². The molecule has 2 atom stereocenters. The fourth-order valence-electron chi connectivity index (χ4n) is 3.34. The van der Waals surface area contributed by atoms with E-state index in [2.05, 4.69) is 5.32 Å². The van der Waals surface area contributed by atoms with E-state index >= 15 is 0 Å². The van der Waals surface area contributed by atoms with Gasteiger partial charge in [0.1, 0.15) is 0 Å². The molecule has 4 heteroatoms. The van der Waals surface area contributed by atoms with Gasteiger partial charge in [-0.05, 0) is 31.4 Å². The molecule has 1 aromatic carbocycles. The summed E-state index contributed by atoms with van der Waals surface area (Å²) in [6, 6.07) is 9.91. The van der Waals surface area contributed by atoms with Crippen LogP contribution in [0.3, 0.4) is 0 Å². The maximum Gasteiger partial charge on any atom is 0.230 e. The van der Waals surface area contributed by atoms with Crippen molar-refractivity contribution in [3.63, 3.8) is 0 Å². The lowest BCUT2D eigenvalue weighted by atomic mass is 9.95. The Morgan fingerprint density at radius 3 is 2.41 bits per heavy atom. The fourth-order valence-corrected chi connectivity index (χ4v) is 3.34. The zero-order valence-electron chi connectivity index (χ0n) is 13.1. The lowest BCUT2D eigenvalue weighted by molar-refractivity contribution is -0.126. The first kappa shape index (κ1) is 15.1. The van der Waals surface area contributed by atoms with E-state index in [1.807, 2.05) is 30.3 Å². The lowest BCUT2D eigenvalue weighted by Gasteiger charge is -2.23. The SMILES string of the molecule is CN(C(=O)C1CC1C(=O)NC1CCCCC1)c1ccccc1. The molecule has 2 aliphatic rings. The van der Waals surface area contributed by atoms with Crippen LogP contribution >= 0.6 is 0 Å². The standard InChI is InChI=1S/C18H24N2O2/c1-20(14-10-6-3-7-11-14)18(22)16-12-15(16)17(21)19-13-8-4-2-5-9-13/h3,6-7,10-11,13,15-16H,2,4-5,8-9,12H2,1H3,(H,19,21). The number of para-hydroxylation sites is 1. The van der Waals surface area contributed by atoms with E-state index in [1.54, 1.807) is 11.9 Å². The van der Waals surface area contributed by atoms with Crippen molar-refractivity contribution in [3.8, 4) is 0 Å². The van der Waals surface area contributed by atoms with Gasteiger partial charge in [0.2, 0.25) is 11.8 Å². The van der Waals surface area contributed by atoms with Crippen molar-refractivity contribution in [3.05, 3.63) is 30.3 Å². The van der Waals surface area contributed by atoms with E-state index in [0.29, 0.717) is 12.5 Å². The molecule has 118 valence electrons. The Morgan fingerprint density at radius 2 is 1.73 bits per heavy atom. The predicted octanol–water partition coefficient (Wildman–Crippen LogP) is 2.73. The van der Waals surface area contributed by atoms with Gasteiger partial charge in [0, 0.05) is 18.8 Å².